The average molecular weight is 1610 g/mol. The summed E-state index contributed by atoms with van der Waals surface area (Å²) in [7, 11) is 3.96. The molecule has 0 radical (unpaired) electrons. The van der Waals surface area contributed by atoms with Crippen LogP contribution in [0.3, 0.4) is 0 Å². The van der Waals surface area contributed by atoms with E-state index in [9.17, 15) is 39.5 Å². The van der Waals surface area contributed by atoms with Gasteiger partial charge in [-0.2, -0.15) is 26.3 Å². The number of benzene rings is 12. The van der Waals surface area contributed by atoms with Crippen LogP contribution < -0.4 is 0 Å². The molecule has 0 aliphatic rings. The maximum absolute atomic E-state index is 13.0. The molecule has 6 heterocycles. The molecule has 0 saturated heterocycles. The molecular formula is C102H92ClF9N6. The van der Waals surface area contributed by atoms with E-state index < -0.39 is 23.5 Å². The van der Waals surface area contributed by atoms with Gasteiger partial charge in [0, 0.05) is 151 Å². The van der Waals surface area contributed by atoms with Crippen molar-refractivity contribution < 1.29 is 39.5 Å². The van der Waals surface area contributed by atoms with Crippen LogP contribution in [0, 0.1) is 59.0 Å². The van der Waals surface area contributed by atoms with E-state index in [1.54, 1.807) is 0 Å². The zero-order valence-electron chi connectivity index (χ0n) is 68.0. The van der Waals surface area contributed by atoms with Gasteiger partial charge in [0.1, 0.15) is 17.5 Å². The summed E-state index contributed by atoms with van der Waals surface area (Å²) in [6, 6.07) is 87.6. The minimum absolute atomic E-state index is 0.195. The van der Waals surface area contributed by atoms with E-state index in [1.165, 1.54) is 149 Å². The summed E-state index contributed by atoms with van der Waals surface area (Å²) in [4.78, 5) is 0. The van der Waals surface area contributed by atoms with Crippen molar-refractivity contribution in [3.8, 4) is 67.4 Å². The van der Waals surface area contributed by atoms with Gasteiger partial charge in [0.15, 0.2) is 0 Å². The Morgan fingerprint density at radius 3 is 0.831 bits per heavy atom. The highest BCUT2D eigenvalue weighted by molar-refractivity contribution is 6.30. The van der Waals surface area contributed by atoms with Gasteiger partial charge in [-0.1, -0.05) is 130 Å². The predicted octanol–water partition coefficient (Wildman–Crippen LogP) is 30.0. The van der Waals surface area contributed by atoms with E-state index in [1.807, 2.05) is 118 Å². The van der Waals surface area contributed by atoms with E-state index in [2.05, 4.69) is 199 Å². The fourth-order valence-electron chi connectivity index (χ4n) is 15.5. The fraction of sp³-hybridized carbons (Fsp3) is 0.176. The van der Waals surface area contributed by atoms with Crippen molar-refractivity contribution >= 4 is 77.0 Å². The van der Waals surface area contributed by atoms with E-state index in [-0.39, 0.29) is 17.5 Å². The normalized spacial score (nSPS) is 11.4. The number of alkyl halides is 6. The zero-order valence-corrected chi connectivity index (χ0v) is 68.8. The van der Waals surface area contributed by atoms with Crippen LogP contribution in [0.15, 0.2) is 291 Å². The molecule has 0 spiro atoms. The number of hydrogen-bond donors (Lipinski definition) is 0. The van der Waals surface area contributed by atoms with Crippen LogP contribution in [-0.4, -0.2) is 27.4 Å². The molecule has 0 bridgehead atoms. The molecule has 18 aromatic rings. The lowest BCUT2D eigenvalue weighted by molar-refractivity contribution is -0.138. The molecule has 0 aliphatic heterocycles. The number of aromatic nitrogens is 6. The van der Waals surface area contributed by atoms with Crippen molar-refractivity contribution in [2.24, 2.45) is 14.1 Å². The van der Waals surface area contributed by atoms with Crippen molar-refractivity contribution in [1.82, 2.24) is 27.4 Å². The predicted molar refractivity (Wildman–Crippen MR) is 472 cm³/mol. The lowest BCUT2D eigenvalue weighted by Gasteiger charge is -2.10. The first kappa shape index (κ1) is 83.5. The number of halogens is 10. The van der Waals surface area contributed by atoms with Crippen molar-refractivity contribution in [2.75, 3.05) is 0 Å². The van der Waals surface area contributed by atoms with Gasteiger partial charge in [0.2, 0.25) is 0 Å². The smallest absolute Gasteiger partial charge is 0.347 e. The largest absolute Gasteiger partial charge is 0.416 e. The van der Waals surface area contributed by atoms with Gasteiger partial charge in [0.05, 0.1) is 11.1 Å². The van der Waals surface area contributed by atoms with Crippen LogP contribution in [-0.2, 0) is 52.6 Å². The van der Waals surface area contributed by atoms with Crippen LogP contribution in [0.25, 0.3) is 133 Å². The van der Waals surface area contributed by atoms with E-state index in [0.29, 0.717) is 0 Å². The highest BCUT2D eigenvalue weighted by atomic mass is 35.5. The number of hydrogen-bond acceptors (Lipinski definition) is 0. The monoisotopic (exact) mass is 1610 g/mol. The summed E-state index contributed by atoms with van der Waals surface area (Å²) < 4.78 is 128. The molecule has 0 amide bonds. The van der Waals surface area contributed by atoms with Gasteiger partial charge < -0.3 is 27.4 Å². The molecular weight excluding hydrogens is 1520 g/mol. The van der Waals surface area contributed by atoms with Crippen LogP contribution in [0.2, 0.25) is 5.02 Å². The maximum atomic E-state index is 13.0. The minimum atomic E-state index is -4.30. The van der Waals surface area contributed by atoms with Gasteiger partial charge in [-0.15, -0.1) is 0 Å². The van der Waals surface area contributed by atoms with Gasteiger partial charge in [-0.25, -0.2) is 13.2 Å². The molecule has 118 heavy (non-hydrogen) atoms. The number of fused-ring (bicyclic) bond motifs is 6. The Bertz CT molecular complexity index is 6410. The van der Waals surface area contributed by atoms with E-state index in [0.717, 1.165) is 133 Å². The molecule has 0 atom stereocenters. The van der Waals surface area contributed by atoms with Gasteiger partial charge in [-0.3, -0.25) is 0 Å². The Kier molecular flexibility index (Phi) is 25.2. The second-order valence-electron chi connectivity index (χ2n) is 29.8. The number of aryl methyl sites for hydroxylation is 12. The second kappa shape index (κ2) is 35.6. The molecule has 0 unspecified atom stereocenters. The van der Waals surface area contributed by atoms with Crippen molar-refractivity contribution in [3.05, 3.63) is 358 Å². The number of nitrogens with zero attached hydrogens (tertiary/aromatic N) is 6. The summed E-state index contributed by atoms with van der Waals surface area (Å²) in [5, 5.41) is 7.96. The Hall–Kier alpha value is -12.5. The summed E-state index contributed by atoms with van der Waals surface area (Å²) in [5.74, 6) is -0.591. The summed E-state index contributed by atoms with van der Waals surface area (Å²) >= 11 is 5.97. The van der Waals surface area contributed by atoms with Crippen molar-refractivity contribution in [2.45, 2.75) is 108 Å². The van der Waals surface area contributed by atoms with E-state index in [4.69, 9.17) is 11.6 Å². The molecule has 18 rings (SSSR count). The van der Waals surface area contributed by atoms with Crippen molar-refractivity contribution in [1.29, 1.82) is 0 Å². The topological polar surface area (TPSA) is 29.6 Å². The fourth-order valence-corrected chi connectivity index (χ4v) is 15.6. The molecule has 6 nitrogen and oxygen atoms in total. The Labute approximate surface area is 687 Å². The highest BCUT2D eigenvalue weighted by Crippen LogP contribution is 2.39. The molecule has 600 valence electrons. The second-order valence-corrected chi connectivity index (χ2v) is 30.3. The summed E-state index contributed by atoms with van der Waals surface area (Å²) in [6.07, 6.45) is -6.45. The Balaban J connectivity index is 0.000000123. The molecule has 16 heteroatoms. The summed E-state index contributed by atoms with van der Waals surface area (Å²) in [5.41, 5.74) is 25.7. The zero-order chi connectivity index (χ0) is 84.0. The Morgan fingerprint density at radius 2 is 0.525 bits per heavy atom. The molecule has 0 N–H and O–H groups in total. The first-order chi connectivity index (χ1) is 56.5. The molecule has 12 aromatic carbocycles. The summed E-state index contributed by atoms with van der Waals surface area (Å²) in [6.45, 7) is 24.5. The van der Waals surface area contributed by atoms with Crippen LogP contribution in [0.1, 0.15) is 72.2 Å². The maximum Gasteiger partial charge on any atom is 0.416 e. The lowest BCUT2D eigenvalue weighted by Crippen LogP contribution is -2.04. The first-order valence-corrected chi connectivity index (χ1v) is 39.8. The van der Waals surface area contributed by atoms with Gasteiger partial charge in [-0.05, 0) is 303 Å². The van der Waals surface area contributed by atoms with Crippen molar-refractivity contribution in [3.63, 3.8) is 0 Å². The Morgan fingerprint density at radius 1 is 0.271 bits per heavy atom. The molecule has 6 aromatic heterocycles. The van der Waals surface area contributed by atoms with Gasteiger partial charge >= 0.3 is 12.4 Å². The molecule has 0 saturated carbocycles. The van der Waals surface area contributed by atoms with Crippen LogP contribution >= 0.6 is 11.6 Å². The quantitative estimate of drug-likeness (QED) is 0.122. The molecule has 0 aliphatic carbocycles. The standard InChI is InChI=1S/C18H16F3N.C17H16ClN.C17H14F3N.2C17H16FN.C16H14FN/c1-3-22-16-9-4-12(2)10-14(16)11-17(22)13-5-7-15(8-6-13)18(19,20)21;1-3-19-16-9-4-12(2)10-14(16)11-17(19)13-5-7-15(18)8-6-13;1-11-3-8-15-13(9-11)10-16(21(15)2)12-4-6-14(7-5-12)17(18,19)20;1-3-19-16-9-4-12(2)10-14(16)11-17(19)13-5-7-15(18)8-6-13;1-3-19-11-16(13-5-7-14(18)8-6-13)15-10-12(2)4-9-17(15)19;1-11-3-8-15-13(9-11)10-16(18(15)2)12-4-6-14(17)7-5-12/h4-11H,3H2,1-2H3;4-11H,3H2,1-2H3;3-10H,1-2H3;2*4-11H,3H2,1-2H3;3-10H,1-2H3. The third-order valence-corrected chi connectivity index (χ3v) is 21.7. The minimum Gasteiger partial charge on any atom is -0.347 e. The lowest BCUT2D eigenvalue weighted by atomic mass is 10.0. The third kappa shape index (κ3) is 18.7. The first-order valence-electron chi connectivity index (χ1n) is 39.4. The molecule has 0 fully saturated rings. The van der Waals surface area contributed by atoms with E-state index >= 15 is 0 Å². The van der Waals surface area contributed by atoms with Crippen LogP contribution in [0.4, 0.5) is 39.5 Å². The van der Waals surface area contributed by atoms with Gasteiger partial charge in [0.25, 0.3) is 0 Å². The third-order valence-electron chi connectivity index (χ3n) is 21.5. The highest BCUT2D eigenvalue weighted by Gasteiger charge is 2.31. The number of rotatable bonds is 10. The SMILES string of the molecule is CCn1c(-c2ccc(C(F)(F)F)cc2)cc2cc(C)ccc21.CCn1c(-c2ccc(Cl)cc2)cc2cc(C)ccc21.CCn1c(-c2ccc(F)cc2)cc2cc(C)ccc21.CCn1cc(-c2ccc(F)cc2)c2cc(C)ccc21.Cc1ccc2c(c1)cc(-c1ccc(C(F)(F)F)cc1)n2C.Cc1ccc2c(c1)cc(-c1ccc(F)cc1)n2C. The van der Waals surface area contributed by atoms with Crippen LogP contribution in [0.5, 0.6) is 0 Å². The average Bonchev–Trinajstić information content (AvgIpc) is 1.65.